The van der Waals surface area contributed by atoms with E-state index < -0.39 is 16.4 Å². The lowest BCUT2D eigenvalue weighted by molar-refractivity contribution is -0.139. The molecule has 9 heteroatoms. The van der Waals surface area contributed by atoms with Crippen molar-refractivity contribution in [3.8, 4) is 17.0 Å². The quantitative estimate of drug-likeness (QED) is 0.321. The van der Waals surface area contributed by atoms with E-state index >= 15 is 0 Å². The zero-order valence-corrected chi connectivity index (χ0v) is 28.8. The maximum atomic E-state index is 14.8. The van der Waals surface area contributed by atoms with Gasteiger partial charge in [-0.05, 0) is 113 Å². The molecule has 1 aromatic heterocycles. The van der Waals surface area contributed by atoms with Gasteiger partial charge in [-0.15, -0.1) is 0 Å². The molecule has 0 radical (unpaired) electrons. The molecule has 8 rings (SSSR count). The maximum absolute atomic E-state index is 14.8. The van der Waals surface area contributed by atoms with Gasteiger partial charge in [-0.25, -0.2) is 4.21 Å². The van der Waals surface area contributed by atoms with Crippen LogP contribution in [0.1, 0.15) is 111 Å². The predicted octanol–water partition coefficient (Wildman–Crippen LogP) is 6.40. The summed E-state index contributed by atoms with van der Waals surface area (Å²) in [7, 11) is 0.252. The normalized spacial score (nSPS) is 25.6. The van der Waals surface area contributed by atoms with Gasteiger partial charge in [0.1, 0.15) is 16.7 Å². The standard InChI is InChI=1S/C38H48N4O4S/c1-24(2)47(45)40-35(43)26-10-12-29-32(20-26)42-23-38(36(44)41-18-15-37(16-19-41)14-7-17-39-37)22-31(38)30-21-27(46-3)11-13-28(30)34(42)33(29)25-8-5-4-6-9-25/h10-13,20-21,24-25,31,39H,4-9,14-19,22-23H2,1-3H3,(H,40,43). The van der Waals surface area contributed by atoms with Crippen molar-refractivity contribution in [2.24, 2.45) is 5.41 Å². The molecule has 2 aromatic carbocycles. The second-order valence-electron chi connectivity index (χ2n) is 15.2. The number of rotatable bonds is 6. The highest BCUT2D eigenvalue weighted by molar-refractivity contribution is 7.84. The molecular formula is C38H48N4O4S. The van der Waals surface area contributed by atoms with E-state index in [4.69, 9.17) is 4.74 Å². The van der Waals surface area contributed by atoms with Gasteiger partial charge in [0.2, 0.25) is 5.91 Å². The van der Waals surface area contributed by atoms with Crippen LogP contribution >= 0.6 is 0 Å². The number of piperidine rings is 1. The van der Waals surface area contributed by atoms with Crippen LogP contribution in [0.15, 0.2) is 36.4 Å². The highest BCUT2D eigenvalue weighted by Gasteiger charge is 2.64. The lowest BCUT2D eigenvalue weighted by Gasteiger charge is -2.41. The van der Waals surface area contributed by atoms with Crippen LogP contribution in [0.4, 0.5) is 0 Å². The molecule has 4 heterocycles. The number of nitrogens with zero attached hydrogens (tertiary/aromatic N) is 2. The minimum atomic E-state index is -1.46. The third-order valence-corrected chi connectivity index (χ3v) is 13.4. The molecule has 2 N–H and O–H groups in total. The predicted molar refractivity (Wildman–Crippen MR) is 186 cm³/mol. The zero-order chi connectivity index (χ0) is 32.5. The van der Waals surface area contributed by atoms with Crippen LogP contribution in [0, 0.1) is 5.41 Å². The first-order chi connectivity index (χ1) is 22.7. The average molecular weight is 657 g/mol. The maximum Gasteiger partial charge on any atom is 0.263 e. The van der Waals surface area contributed by atoms with Crippen LogP contribution in [-0.4, -0.2) is 63.0 Å². The minimum Gasteiger partial charge on any atom is -0.497 e. The first-order valence-electron chi connectivity index (χ1n) is 17.8. The van der Waals surface area contributed by atoms with Crippen molar-refractivity contribution in [3.05, 3.63) is 53.1 Å². The van der Waals surface area contributed by atoms with Crippen LogP contribution in [-0.2, 0) is 22.3 Å². The summed E-state index contributed by atoms with van der Waals surface area (Å²) in [6.07, 6.45) is 11.3. The number of methoxy groups -OCH3 is 1. The van der Waals surface area contributed by atoms with E-state index in [0.717, 1.165) is 63.0 Å². The molecule has 2 amide bonds. The van der Waals surface area contributed by atoms with Crippen molar-refractivity contribution < 1.29 is 18.5 Å². The second-order valence-corrected chi connectivity index (χ2v) is 16.9. The molecule has 2 saturated carbocycles. The fourth-order valence-corrected chi connectivity index (χ4v) is 9.97. The van der Waals surface area contributed by atoms with Crippen molar-refractivity contribution in [3.63, 3.8) is 0 Å². The third kappa shape index (κ3) is 5.14. The van der Waals surface area contributed by atoms with Gasteiger partial charge < -0.3 is 19.5 Å². The van der Waals surface area contributed by atoms with E-state index in [1.165, 1.54) is 59.9 Å². The Hall–Kier alpha value is -3.17. The summed E-state index contributed by atoms with van der Waals surface area (Å²) >= 11 is 0. The summed E-state index contributed by atoms with van der Waals surface area (Å²) in [5.41, 5.74) is 6.15. The minimum absolute atomic E-state index is 0.120. The Morgan fingerprint density at radius 3 is 2.51 bits per heavy atom. The SMILES string of the molecule is COc1ccc2c(c1)C1CC1(C(=O)N1CCC3(CCCN3)CC1)Cn1c-2c(C2CCCCC2)c2ccc(C(=O)NS(=O)C(C)C)cc21. The van der Waals surface area contributed by atoms with Crippen LogP contribution in [0.3, 0.4) is 0 Å². The molecule has 4 fully saturated rings. The highest BCUT2D eigenvalue weighted by atomic mass is 32.2. The Balaban J connectivity index is 1.27. The number of hydrogen-bond donors (Lipinski definition) is 2. The number of carbonyl (C=O) groups excluding carboxylic acids is 2. The molecule has 3 aliphatic heterocycles. The Kier molecular flexibility index (Phi) is 7.79. The number of likely N-dealkylation sites (tertiary alicyclic amines) is 1. The van der Waals surface area contributed by atoms with Crippen LogP contribution in [0.25, 0.3) is 22.2 Å². The van der Waals surface area contributed by atoms with E-state index in [9.17, 15) is 13.8 Å². The molecule has 250 valence electrons. The van der Waals surface area contributed by atoms with Crippen molar-refractivity contribution in [2.45, 2.75) is 107 Å². The molecule has 3 aromatic rings. The average Bonchev–Trinajstić information content (AvgIpc) is 3.54. The number of ether oxygens (including phenoxy) is 1. The summed E-state index contributed by atoms with van der Waals surface area (Å²) in [4.78, 5) is 30.4. The molecular weight excluding hydrogens is 609 g/mol. The Labute approximate surface area is 280 Å². The van der Waals surface area contributed by atoms with Crippen LogP contribution in [0.5, 0.6) is 5.75 Å². The fourth-order valence-electron chi connectivity index (χ4n) is 9.44. The Bertz CT molecular complexity index is 1760. The lowest BCUT2D eigenvalue weighted by atomic mass is 9.81. The summed E-state index contributed by atoms with van der Waals surface area (Å²) < 4.78 is 23.4. The molecule has 8 nitrogen and oxygen atoms in total. The van der Waals surface area contributed by atoms with Crippen molar-refractivity contribution in [1.82, 2.24) is 19.5 Å². The van der Waals surface area contributed by atoms with Crippen LogP contribution < -0.4 is 14.8 Å². The van der Waals surface area contributed by atoms with E-state index in [1.807, 2.05) is 26.0 Å². The molecule has 3 unspecified atom stereocenters. The second kappa shape index (κ2) is 11.8. The number of carbonyl (C=O) groups is 2. The number of nitrogens with one attached hydrogen (secondary N) is 2. The molecule has 5 aliphatic rings. The molecule has 47 heavy (non-hydrogen) atoms. The number of fused-ring (bicyclic) bond motifs is 7. The third-order valence-electron chi connectivity index (χ3n) is 12.2. The van der Waals surface area contributed by atoms with Gasteiger partial charge >= 0.3 is 0 Å². The topological polar surface area (TPSA) is 92.7 Å². The van der Waals surface area contributed by atoms with Gasteiger partial charge in [-0.2, -0.15) is 0 Å². The van der Waals surface area contributed by atoms with E-state index in [2.05, 4.69) is 43.8 Å². The summed E-state index contributed by atoms with van der Waals surface area (Å²) in [6.45, 7) is 6.95. The van der Waals surface area contributed by atoms with Crippen molar-refractivity contribution in [1.29, 1.82) is 0 Å². The van der Waals surface area contributed by atoms with Gasteiger partial charge in [0.05, 0.1) is 18.2 Å². The lowest BCUT2D eigenvalue weighted by Crippen LogP contribution is -2.53. The zero-order valence-electron chi connectivity index (χ0n) is 28.0. The van der Waals surface area contributed by atoms with Gasteiger partial charge in [0, 0.05) is 58.4 Å². The Morgan fingerprint density at radius 1 is 1.02 bits per heavy atom. The Morgan fingerprint density at radius 2 is 1.81 bits per heavy atom. The smallest absolute Gasteiger partial charge is 0.263 e. The first kappa shape index (κ1) is 31.1. The summed E-state index contributed by atoms with van der Waals surface area (Å²) in [5.74, 6) is 1.31. The molecule has 3 atom stereocenters. The highest BCUT2D eigenvalue weighted by Crippen LogP contribution is 2.66. The fraction of sp³-hybridized carbons (Fsp3) is 0.579. The number of amides is 2. The van der Waals surface area contributed by atoms with E-state index in [-0.39, 0.29) is 28.5 Å². The first-order valence-corrected chi connectivity index (χ1v) is 19.1. The largest absolute Gasteiger partial charge is 0.497 e. The summed E-state index contributed by atoms with van der Waals surface area (Å²) in [5, 5.41) is 4.75. The van der Waals surface area contributed by atoms with Crippen molar-refractivity contribution in [2.75, 3.05) is 26.7 Å². The van der Waals surface area contributed by atoms with E-state index in [0.29, 0.717) is 18.0 Å². The van der Waals surface area contributed by atoms with Gasteiger partial charge in [-0.3, -0.25) is 14.3 Å². The van der Waals surface area contributed by atoms with Gasteiger partial charge in [-0.1, -0.05) is 25.3 Å². The van der Waals surface area contributed by atoms with Gasteiger partial charge in [0.25, 0.3) is 5.91 Å². The van der Waals surface area contributed by atoms with Gasteiger partial charge in [0.15, 0.2) is 0 Å². The van der Waals surface area contributed by atoms with E-state index in [1.54, 1.807) is 7.11 Å². The van der Waals surface area contributed by atoms with Crippen LogP contribution in [0.2, 0.25) is 0 Å². The number of aromatic nitrogens is 1. The molecule has 2 aliphatic carbocycles. The summed E-state index contributed by atoms with van der Waals surface area (Å²) in [6, 6.07) is 12.4. The monoisotopic (exact) mass is 656 g/mol. The number of benzene rings is 2. The molecule has 2 saturated heterocycles. The number of hydrogen-bond acceptors (Lipinski definition) is 5. The molecule has 1 spiro atoms. The van der Waals surface area contributed by atoms with Crippen molar-refractivity contribution >= 4 is 33.7 Å². The molecule has 0 bridgehead atoms.